The highest BCUT2D eigenvalue weighted by molar-refractivity contribution is 5.75. The lowest BCUT2D eigenvalue weighted by atomic mass is 10.3. The first-order valence-corrected chi connectivity index (χ1v) is 6.90. The van der Waals surface area contributed by atoms with Crippen molar-refractivity contribution in [1.82, 2.24) is 14.9 Å². The summed E-state index contributed by atoms with van der Waals surface area (Å²) in [4.78, 5) is 4.74. The summed E-state index contributed by atoms with van der Waals surface area (Å²) in [7, 11) is 0. The van der Waals surface area contributed by atoms with E-state index < -0.39 is 0 Å². The number of benzene rings is 1. The number of imidazole rings is 1. The van der Waals surface area contributed by atoms with Gasteiger partial charge in [0.1, 0.15) is 5.82 Å². The van der Waals surface area contributed by atoms with Gasteiger partial charge in [0, 0.05) is 25.6 Å². The van der Waals surface area contributed by atoms with Gasteiger partial charge in [-0.25, -0.2) is 4.98 Å². The van der Waals surface area contributed by atoms with Gasteiger partial charge < -0.3 is 9.88 Å². The molecule has 0 saturated heterocycles. The second-order valence-electron chi connectivity index (χ2n) is 5.03. The average molecular weight is 245 g/mol. The van der Waals surface area contributed by atoms with Crippen LogP contribution in [-0.2, 0) is 13.0 Å². The Hall–Kier alpha value is -1.35. The molecule has 2 aromatic rings. The predicted molar refractivity (Wildman–Crippen MR) is 76.9 cm³/mol. The molecule has 2 rings (SSSR count). The number of para-hydroxylation sites is 2. The van der Waals surface area contributed by atoms with E-state index in [1.807, 2.05) is 0 Å². The third kappa shape index (κ3) is 2.91. The second-order valence-corrected chi connectivity index (χ2v) is 5.03. The van der Waals surface area contributed by atoms with Gasteiger partial charge in [0.05, 0.1) is 11.0 Å². The first-order chi connectivity index (χ1) is 8.72. The Morgan fingerprint density at radius 1 is 1.28 bits per heavy atom. The third-order valence-electron chi connectivity index (χ3n) is 3.10. The number of hydrogen-bond acceptors (Lipinski definition) is 2. The summed E-state index contributed by atoms with van der Waals surface area (Å²) in [5, 5.41) is 3.47. The minimum absolute atomic E-state index is 0.536. The number of nitrogens with one attached hydrogen (secondary N) is 1. The summed E-state index contributed by atoms with van der Waals surface area (Å²) in [5.41, 5.74) is 2.37. The monoisotopic (exact) mass is 245 g/mol. The van der Waals surface area contributed by atoms with Crippen molar-refractivity contribution in [3.8, 4) is 0 Å². The topological polar surface area (TPSA) is 29.9 Å². The van der Waals surface area contributed by atoms with Crippen molar-refractivity contribution >= 4 is 11.0 Å². The van der Waals surface area contributed by atoms with Gasteiger partial charge in [0.2, 0.25) is 0 Å². The van der Waals surface area contributed by atoms with Crippen molar-refractivity contribution in [3.05, 3.63) is 30.1 Å². The molecule has 0 amide bonds. The molecule has 1 aromatic carbocycles. The Kier molecular flexibility index (Phi) is 4.37. The highest BCUT2D eigenvalue weighted by Gasteiger charge is 2.09. The Labute approximate surface area is 109 Å². The van der Waals surface area contributed by atoms with Crippen LogP contribution in [0.2, 0.25) is 0 Å². The van der Waals surface area contributed by atoms with Crippen molar-refractivity contribution in [3.63, 3.8) is 0 Å². The van der Waals surface area contributed by atoms with Gasteiger partial charge in [0.25, 0.3) is 0 Å². The fraction of sp³-hybridized carbons (Fsp3) is 0.533. The van der Waals surface area contributed by atoms with Crippen LogP contribution in [0.5, 0.6) is 0 Å². The summed E-state index contributed by atoms with van der Waals surface area (Å²) in [6.07, 6.45) is 2.19. The van der Waals surface area contributed by atoms with Gasteiger partial charge in [-0.2, -0.15) is 0 Å². The van der Waals surface area contributed by atoms with Crippen molar-refractivity contribution < 1.29 is 0 Å². The first-order valence-electron chi connectivity index (χ1n) is 6.90. The molecule has 0 bridgehead atoms. The lowest BCUT2D eigenvalue weighted by molar-refractivity contribution is 0.536. The number of aryl methyl sites for hydroxylation is 1. The molecular formula is C15H23N3. The van der Waals surface area contributed by atoms with Crippen molar-refractivity contribution in [2.24, 2.45) is 0 Å². The zero-order chi connectivity index (χ0) is 13.0. The Morgan fingerprint density at radius 3 is 2.78 bits per heavy atom. The smallest absolute Gasteiger partial charge is 0.109 e. The van der Waals surface area contributed by atoms with E-state index in [4.69, 9.17) is 4.98 Å². The van der Waals surface area contributed by atoms with Crippen LogP contribution in [0.1, 0.15) is 33.0 Å². The molecule has 0 atom stereocenters. The van der Waals surface area contributed by atoms with Gasteiger partial charge in [0.15, 0.2) is 0 Å². The zero-order valence-corrected chi connectivity index (χ0v) is 11.6. The molecule has 0 spiro atoms. The zero-order valence-electron chi connectivity index (χ0n) is 11.6. The van der Waals surface area contributed by atoms with Gasteiger partial charge in [-0.1, -0.05) is 32.9 Å². The molecular weight excluding hydrogens is 222 g/mol. The molecule has 1 heterocycles. The molecule has 3 nitrogen and oxygen atoms in total. The minimum Gasteiger partial charge on any atom is -0.327 e. The fourth-order valence-corrected chi connectivity index (χ4v) is 2.25. The van der Waals surface area contributed by atoms with E-state index in [2.05, 4.69) is 54.9 Å². The molecule has 98 valence electrons. The Balaban J connectivity index is 2.24. The van der Waals surface area contributed by atoms with Crippen LogP contribution in [0.4, 0.5) is 0 Å². The molecule has 18 heavy (non-hydrogen) atoms. The van der Waals surface area contributed by atoms with E-state index >= 15 is 0 Å². The van der Waals surface area contributed by atoms with Crippen molar-refractivity contribution in [1.29, 1.82) is 0 Å². The van der Waals surface area contributed by atoms with Crippen molar-refractivity contribution in [2.75, 3.05) is 6.54 Å². The number of rotatable bonds is 6. The lowest BCUT2D eigenvalue weighted by Gasteiger charge is -2.11. The van der Waals surface area contributed by atoms with Gasteiger partial charge in [-0.3, -0.25) is 0 Å². The Bertz CT molecular complexity index is 499. The molecule has 0 unspecified atom stereocenters. The second kappa shape index (κ2) is 6.01. The van der Waals surface area contributed by atoms with E-state index in [-0.39, 0.29) is 0 Å². The molecule has 1 N–H and O–H groups in total. The van der Waals surface area contributed by atoms with Crippen LogP contribution in [0.15, 0.2) is 24.3 Å². The van der Waals surface area contributed by atoms with E-state index in [9.17, 15) is 0 Å². The molecule has 0 aliphatic rings. The fourth-order valence-electron chi connectivity index (χ4n) is 2.25. The number of aromatic nitrogens is 2. The van der Waals surface area contributed by atoms with E-state index in [0.29, 0.717) is 6.04 Å². The molecule has 0 saturated carbocycles. The molecule has 0 radical (unpaired) electrons. The van der Waals surface area contributed by atoms with Gasteiger partial charge in [-0.15, -0.1) is 0 Å². The molecule has 3 heteroatoms. The Morgan fingerprint density at radius 2 is 2.06 bits per heavy atom. The van der Waals surface area contributed by atoms with Crippen LogP contribution in [-0.4, -0.2) is 22.1 Å². The largest absolute Gasteiger partial charge is 0.327 e. The summed E-state index contributed by atoms with van der Waals surface area (Å²) in [6.45, 7) is 8.55. The third-order valence-corrected chi connectivity index (χ3v) is 3.10. The summed E-state index contributed by atoms with van der Waals surface area (Å²) in [6, 6.07) is 8.94. The minimum atomic E-state index is 0.536. The molecule has 1 aromatic heterocycles. The van der Waals surface area contributed by atoms with Crippen LogP contribution in [0.3, 0.4) is 0 Å². The van der Waals surface area contributed by atoms with Crippen molar-refractivity contribution in [2.45, 2.75) is 46.2 Å². The van der Waals surface area contributed by atoms with E-state index in [1.165, 1.54) is 11.3 Å². The van der Waals surface area contributed by atoms with Gasteiger partial charge >= 0.3 is 0 Å². The SMILES string of the molecule is CCCc1nc2ccccc2n1CCNC(C)C. The van der Waals surface area contributed by atoms with Crippen LogP contribution < -0.4 is 5.32 Å². The van der Waals surface area contributed by atoms with Crippen LogP contribution >= 0.6 is 0 Å². The highest BCUT2D eigenvalue weighted by atomic mass is 15.1. The quantitative estimate of drug-likeness (QED) is 0.848. The standard InChI is InChI=1S/C15H23N3/c1-4-7-15-17-13-8-5-6-9-14(13)18(15)11-10-16-12(2)3/h5-6,8-9,12,16H,4,7,10-11H2,1-3H3. The highest BCUT2D eigenvalue weighted by Crippen LogP contribution is 2.16. The van der Waals surface area contributed by atoms with Gasteiger partial charge in [-0.05, 0) is 18.6 Å². The molecule has 0 aliphatic carbocycles. The normalized spacial score (nSPS) is 11.6. The molecule has 0 aliphatic heterocycles. The van der Waals surface area contributed by atoms with Crippen LogP contribution in [0.25, 0.3) is 11.0 Å². The first kappa shape index (κ1) is 13.1. The maximum absolute atomic E-state index is 4.74. The number of fused-ring (bicyclic) bond motifs is 1. The summed E-state index contributed by atoms with van der Waals surface area (Å²) < 4.78 is 2.36. The number of nitrogens with zero attached hydrogens (tertiary/aromatic N) is 2. The average Bonchev–Trinajstić information content (AvgIpc) is 2.68. The summed E-state index contributed by atoms with van der Waals surface area (Å²) in [5.74, 6) is 1.21. The maximum Gasteiger partial charge on any atom is 0.109 e. The van der Waals surface area contributed by atoms with E-state index in [0.717, 1.165) is 31.4 Å². The maximum atomic E-state index is 4.74. The lowest BCUT2D eigenvalue weighted by Crippen LogP contribution is -2.27. The number of hydrogen-bond donors (Lipinski definition) is 1. The molecule has 0 fully saturated rings. The van der Waals surface area contributed by atoms with Crippen LogP contribution in [0, 0.1) is 0 Å². The predicted octanol–water partition coefficient (Wildman–Crippen LogP) is 2.99. The van der Waals surface area contributed by atoms with E-state index in [1.54, 1.807) is 0 Å². The summed E-state index contributed by atoms with van der Waals surface area (Å²) >= 11 is 0.